The molecule has 0 aromatic heterocycles. The van der Waals surface area contributed by atoms with Crippen LogP contribution in [0.5, 0.6) is 0 Å². The van der Waals surface area contributed by atoms with E-state index < -0.39 is 10.0 Å². The van der Waals surface area contributed by atoms with Gasteiger partial charge in [0, 0.05) is 33.2 Å². The number of nitrogens with zero attached hydrogens (tertiary/aromatic N) is 2. The van der Waals surface area contributed by atoms with E-state index in [0.29, 0.717) is 36.2 Å². The van der Waals surface area contributed by atoms with Gasteiger partial charge >= 0.3 is 0 Å². The fraction of sp³-hybridized carbons (Fsp3) is 0.533. The SMILES string of the molecule is CNC(=S)N1CCN(S(=O)(=O)c2ccc3c(c2)CCC3)CC1. The van der Waals surface area contributed by atoms with Gasteiger partial charge in [0.25, 0.3) is 0 Å². The minimum Gasteiger partial charge on any atom is -0.366 e. The summed E-state index contributed by atoms with van der Waals surface area (Å²) < 4.78 is 27.2. The molecule has 2 aliphatic rings. The lowest BCUT2D eigenvalue weighted by Crippen LogP contribution is -2.52. The summed E-state index contributed by atoms with van der Waals surface area (Å²) in [6.45, 7) is 2.20. The maximum Gasteiger partial charge on any atom is 0.243 e. The van der Waals surface area contributed by atoms with Crippen LogP contribution < -0.4 is 5.32 Å². The first-order valence-corrected chi connectivity index (χ1v) is 9.46. The molecule has 3 rings (SSSR count). The van der Waals surface area contributed by atoms with Crippen LogP contribution in [0, 0.1) is 0 Å². The number of thiocarbonyl (C=S) groups is 1. The maximum absolute atomic E-state index is 12.8. The summed E-state index contributed by atoms with van der Waals surface area (Å²) in [6.07, 6.45) is 3.18. The molecule has 1 fully saturated rings. The third-order valence-electron chi connectivity index (χ3n) is 4.45. The first-order chi connectivity index (χ1) is 10.5. The molecule has 0 atom stereocenters. The number of rotatable bonds is 2. The minimum absolute atomic E-state index is 0.429. The van der Waals surface area contributed by atoms with Gasteiger partial charge in [-0.25, -0.2) is 8.42 Å². The first kappa shape index (κ1) is 15.7. The minimum atomic E-state index is -3.40. The van der Waals surface area contributed by atoms with Crippen LogP contribution >= 0.6 is 12.2 Å². The fourth-order valence-electron chi connectivity index (χ4n) is 3.15. The van der Waals surface area contributed by atoms with Gasteiger partial charge in [0.05, 0.1) is 4.90 Å². The van der Waals surface area contributed by atoms with Gasteiger partial charge in [-0.15, -0.1) is 0 Å². The maximum atomic E-state index is 12.8. The normalized spacial score (nSPS) is 19.0. The monoisotopic (exact) mass is 339 g/mol. The van der Waals surface area contributed by atoms with E-state index >= 15 is 0 Å². The van der Waals surface area contributed by atoms with Crippen molar-refractivity contribution in [2.75, 3.05) is 33.2 Å². The third kappa shape index (κ3) is 2.85. The highest BCUT2D eigenvalue weighted by Gasteiger charge is 2.29. The molecule has 0 spiro atoms. The Kier molecular flexibility index (Phi) is 4.38. The number of nitrogens with one attached hydrogen (secondary N) is 1. The molecule has 22 heavy (non-hydrogen) atoms. The Morgan fingerprint density at radius 3 is 2.50 bits per heavy atom. The van der Waals surface area contributed by atoms with Crippen molar-refractivity contribution in [2.45, 2.75) is 24.2 Å². The second-order valence-electron chi connectivity index (χ2n) is 5.73. The summed E-state index contributed by atoms with van der Waals surface area (Å²) in [5.74, 6) is 0. The van der Waals surface area contributed by atoms with Crippen molar-refractivity contribution in [3.63, 3.8) is 0 Å². The van der Waals surface area contributed by atoms with Gasteiger partial charge in [-0.2, -0.15) is 4.31 Å². The zero-order chi connectivity index (χ0) is 15.7. The summed E-state index contributed by atoms with van der Waals surface area (Å²) >= 11 is 5.20. The molecule has 1 heterocycles. The van der Waals surface area contributed by atoms with Crippen LogP contribution in [0.15, 0.2) is 23.1 Å². The van der Waals surface area contributed by atoms with Gasteiger partial charge in [-0.3, -0.25) is 0 Å². The highest BCUT2D eigenvalue weighted by molar-refractivity contribution is 7.89. The molecule has 1 aromatic rings. The Bertz CT molecular complexity index is 680. The Morgan fingerprint density at radius 1 is 1.14 bits per heavy atom. The smallest absolute Gasteiger partial charge is 0.243 e. The predicted molar refractivity (Wildman–Crippen MR) is 90.5 cm³/mol. The standard InChI is InChI=1S/C15H21N3O2S2/c1-16-15(21)17-7-9-18(10-8-17)22(19,20)14-6-5-12-3-2-4-13(12)11-14/h5-6,11H,2-4,7-10H2,1H3,(H,16,21). The number of fused-ring (bicyclic) bond motifs is 1. The van der Waals surface area contributed by atoms with Gasteiger partial charge in [0.2, 0.25) is 10.0 Å². The molecule has 1 saturated heterocycles. The van der Waals surface area contributed by atoms with Crippen molar-refractivity contribution in [1.29, 1.82) is 0 Å². The zero-order valence-electron chi connectivity index (χ0n) is 12.7. The number of aryl methyl sites for hydroxylation is 2. The first-order valence-electron chi connectivity index (χ1n) is 7.61. The highest BCUT2D eigenvalue weighted by atomic mass is 32.2. The lowest BCUT2D eigenvalue weighted by atomic mass is 10.1. The van der Waals surface area contributed by atoms with Crippen molar-refractivity contribution >= 4 is 27.4 Å². The average molecular weight is 339 g/mol. The quantitative estimate of drug-likeness (QED) is 0.814. The van der Waals surface area contributed by atoms with E-state index in [1.807, 2.05) is 17.0 Å². The van der Waals surface area contributed by atoms with E-state index in [9.17, 15) is 8.42 Å². The largest absolute Gasteiger partial charge is 0.366 e. The lowest BCUT2D eigenvalue weighted by Gasteiger charge is -2.35. The van der Waals surface area contributed by atoms with E-state index in [2.05, 4.69) is 5.32 Å². The molecule has 0 saturated carbocycles. The number of hydrogen-bond acceptors (Lipinski definition) is 3. The van der Waals surface area contributed by atoms with E-state index in [1.54, 1.807) is 17.4 Å². The molecule has 1 N–H and O–H groups in total. The van der Waals surface area contributed by atoms with Crippen LogP contribution in [0.25, 0.3) is 0 Å². The summed E-state index contributed by atoms with van der Waals surface area (Å²) in [4.78, 5) is 2.43. The van der Waals surface area contributed by atoms with Crippen LogP contribution in [0.1, 0.15) is 17.5 Å². The average Bonchev–Trinajstić information content (AvgIpc) is 3.01. The van der Waals surface area contributed by atoms with Crippen LogP contribution in [-0.2, 0) is 22.9 Å². The number of benzene rings is 1. The van der Waals surface area contributed by atoms with Crippen molar-refractivity contribution in [1.82, 2.24) is 14.5 Å². The van der Waals surface area contributed by atoms with E-state index in [1.165, 1.54) is 11.1 Å². The Morgan fingerprint density at radius 2 is 1.82 bits per heavy atom. The van der Waals surface area contributed by atoms with Gasteiger partial charge in [-0.05, 0) is 54.7 Å². The molecule has 1 aliphatic carbocycles. The van der Waals surface area contributed by atoms with Crippen LogP contribution in [0.4, 0.5) is 0 Å². The fourth-order valence-corrected chi connectivity index (χ4v) is 4.80. The van der Waals surface area contributed by atoms with Crippen LogP contribution in [0.2, 0.25) is 0 Å². The third-order valence-corrected chi connectivity index (χ3v) is 6.80. The molecular formula is C15H21N3O2S2. The number of hydrogen-bond donors (Lipinski definition) is 1. The van der Waals surface area contributed by atoms with Crippen LogP contribution in [-0.4, -0.2) is 56.0 Å². The molecule has 1 aliphatic heterocycles. The molecule has 0 unspecified atom stereocenters. The van der Waals surface area contributed by atoms with E-state index in [4.69, 9.17) is 12.2 Å². The summed E-state index contributed by atoms with van der Waals surface area (Å²) in [5.41, 5.74) is 2.49. The van der Waals surface area contributed by atoms with Crippen LogP contribution in [0.3, 0.4) is 0 Å². The summed E-state index contributed by atoms with van der Waals surface area (Å²) in [5, 5.41) is 3.61. The second kappa shape index (κ2) is 6.14. The van der Waals surface area contributed by atoms with E-state index in [-0.39, 0.29) is 0 Å². The zero-order valence-corrected chi connectivity index (χ0v) is 14.3. The van der Waals surface area contributed by atoms with Crippen molar-refractivity contribution in [2.24, 2.45) is 0 Å². The van der Waals surface area contributed by atoms with Gasteiger partial charge < -0.3 is 10.2 Å². The number of piperazine rings is 1. The van der Waals surface area contributed by atoms with Gasteiger partial charge in [0.15, 0.2) is 5.11 Å². The molecule has 120 valence electrons. The number of sulfonamides is 1. The highest BCUT2D eigenvalue weighted by Crippen LogP contribution is 2.26. The molecule has 0 bridgehead atoms. The van der Waals surface area contributed by atoms with E-state index in [0.717, 1.165) is 19.3 Å². The van der Waals surface area contributed by atoms with Crippen molar-refractivity contribution in [3.05, 3.63) is 29.3 Å². The topological polar surface area (TPSA) is 52.6 Å². The van der Waals surface area contributed by atoms with Crippen molar-refractivity contribution in [3.8, 4) is 0 Å². The molecule has 0 amide bonds. The van der Waals surface area contributed by atoms with Gasteiger partial charge in [-0.1, -0.05) is 6.07 Å². The Balaban J connectivity index is 1.75. The predicted octanol–water partition coefficient (Wildman–Crippen LogP) is 0.986. The Hall–Kier alpha value is -1.18. The molecule has 0 radical (unpaired) electrons. The summed E-state index contributed by atoms with van der Waals surface area (Å²) in [7, 11) is -1.61. The lowest BCUT2D eigenvalue weighted by molar-refractivity contribution is 0.265. The molecule has 7 heteroatoms. The van der Waals surface area contributed by atoms with Gasteiger partial charge in [0.1, 0.15) is 0 Å². The second-order valence-corrected chi connectivity index (χ2v) is 8.05. The summed E-state index contributed by atoms with van der Waals surface area (Å²) in [6, 6.07) is 5.59. The molecule has 5 nitrogen and oxygen atoms in total. The molecular weight excluding hydrogens is 318 g/mol. The molecule has 1 aromatic carbocycles. The Labute approximate surface area is 137 Å². The van der Waals surface area contributed by atoms with Crippen molar-refractivity contribution < 1.29 is 8.42 Å².